The van der Waals surface area contributed by atoms with E-state index in [1.54, 1.807) is 16.8 Å². The molecule has 5 nitrogen and oxygen atoms in total. The fourth-order valence-corrected chi connectivity index (χ4v) is 2.63. The van der Waals surface area contributed by atoms with Crippen molar-refractivity contribution in [3.05, 3.63) is 51.5 Å². The Morgan fingerprint density at radius 3 is 2.76 bits per heavy atom. The topological polar surface area (TPSA) is 69.6 Å². The van der Waals surface area contributed by atoms with Gasteiger partial charge < -0.3 is 5.73 Å². The van der Waals surface area contributed by atoms with E-state index in [0.717, 1.165) is 21.3 Å². The molecule has 7 heteroatoms. The number of rotatable bonds is 2. The highest BCUT2D eigenvalue weighted by molar-refractivity contribution is 9.10. The highest BCUT2D eigenvalue weighted by Crippen LogP contribution is 2.30. The van der Waals surface area contributed by atoms with Gasteiger partial charge in [-0.05, 0) is 69.2 Å². The number of nitrogens with two attached hydrogens (primary N) is 1. The van der Waals surface area contributed by atoms with Crippen molar-refractivity contribution in [3.63, 3.8) is 0 Å². The minimum Gasteiger partial charge on any atom is -0.398 e. The van der Waals surface area contributed by atoms with Gasteiger partial charge in [0.25, 0.3) is 0 Å². The molecule has 106 valence electrons. The Morgan fingerprint density at radius 2 is 2.00 bits per heavy atom. The van der Waals surface area contributed by atoms with Gasteiger partial charge in [-0.3, -0.25) is 0 Å². The van der Waals surface area contributed by atoms with E-state index >= 15 is 0 Å². The summed E-state index contributed by atoms with van der Waals surface area (Å²) in [5, 5.41) is 12.5. The predicted octanol–water partition coefficient (Wildman–Crippen LogP) is 3.64. The molecule has 0 saturated carbocycles. The molecule has 0 unspecified atom stereocenters. The van der Waals surface area contributed by atoms with Gasteiger partial charge in [0.2, 0.25) is 0 Å². The van der Waals surface area contributed by atoms with Crippen molar-refractivity contribution >= 4 is 33.2 Å². The minimum atomic E-state index is 0.530. The number of aromatic nitrogens is 4. The van der Waals surface area contributed by atoms with E-state index in [0.29, 0.717) is 16.5 Å². The Balaban J connectivity index is 2.19. The average molecular weight is 365 g/mol. The standard InChI is InChI=1S/C14H11BrClN5/c1-8-2-5-11(15)13(6-8)21-14(18-19-20-21)10-4-3-9(16)7-12(10)17/h2-7H,17H2,1H3. The first kappa shape index (κ1) is 14.0. The Morgan fingerprint density at radius 1 is 1.19 bits per heavy atom. The van der Waals surface area contributed by atoms with Crippen LogP contribution in [0.4, 0.5) is 5.69 Å². The molecule has 0 spiro atoms. The first-order chi connectivity index (χ1) is 10.1. The Labute approximate surface area is 134 Å². The molecule has 0 fully saturated rings. The molecule has 0 aliphatic rings. The summed E-state index contributed by atoms with van der Waals surface area (Å²) in [5.41, 5.74) is 9.25. The minimum absolute atomic E-state index is 0.530. The van der Waals surface area contributed by atoms with Crippen LogP contribution in [0.1, 0.15) is 5.56 Å². The smallest absolute Gasteiger partial charge is 0.189 e. The van der Waals surface area contributed by atoms with Crippen molar-refractivity contribution in [2.75, 3.05) is 5.73 Å². The van der Waals surface area contributed by atoms with E-state index in [4.69, 9.17) is 17.3 Å². The molecule has 0 atom stereocenters. The zero-order valence-corrected chi connectivity index (χ0v) is 13.4. The average Bonchev–Trinajstić information content (AvgIpc) is 2.90. The molecule has 21 heavy (non-hydrogen) atoms. The highest BCUT2D eigenvalue weighted by Gasteiger charge is 2.15. The number of nitrogen functional groups attached to an aromatic ring is 1. The van der Waals surface area contributed by atoms with Gasteiger partial charge in [0.05, 0.1) is 5.69 Å². The zero-order valence-electron chi connectivity index (χ0n) is 11.1. The monoisotopic (exact) mass is 363 g/mol. The maximum atomic E-state index is 6.02. The lowest BCUT2D eigenvalue weighted by Gasteiger charge is -2.09. The fraction of sp³-hybridized carbons (Fsp3) is 0.0714. The van der Waals surface area contributed by atoms with Crippen LogP contribution >= 0.6 is 27.5 Å². The van der Waals surface area contributed by atoms with Gasteiger partial charge >= 0.3 is 0 Å². The second kappa shape index (κ2) is 5.46. The summed E-state index contributed by atoms with van der Waals surface area (Å²) in [4.78, 5) is 0. The SMILES string of the molecule is Cc1ccc(Br)c(-n2nnnc2-c2ccc(Cl)cc2N)c1. The van der Waals surface area contributed by atoms with Crippen molar-refractivity contribution < 1.29 is 0 Å². The predicted molar refractivity (Wildman–Crippen MR) is 86.4 cm³/mol. The first-order valence-electron chi connectivity index (χ1n) is 6.16. The van der Waals surface area contributed by atoms with E-state index in [2.05, 4.69) is 31.5 Å². The third-order valence-electron chi connectivity index (χ3n) is 3.05. The number of hydrogen-bond donors (Lipinski definition) is 1. The largest absolute Gasteiger partial charge is 0.398 e. The summed E-state index contributed by atoms with van der Waals surface area (Å²) >= 11 is 9.46. The Kier molecular flexibility index (Phi) is 3.65. The van der Waals surface area contributed by atoms with Crippen molar-refractivity contribution in [1.82, 2.24) is 20.2 Å². The molecule has 1 aromatic heterocycles. The summed E-state index contributed by atoms with van der Waals surface area (Å²) in [5.74, 6) is 0.565. The van der Waals surface area contributed by atoms with Gasteiger partial charge in [0.15, 0.2) is 5.82 Å². The van der Waals surface area contributed by atoms with E-state index in [1.165, 1.54) is 0 Å². The van der Waals surface area contributed by atoms with Gasteiger partial charge in [-0.15, -0.1) is 5.10 Å². The zero-order chi connectivity index (χ0) is 15.0. The molecule has 0 bridgehead atoms. The molecule has 3 rings (SSSR count). The van der Waals surface area contributed by atoms with E-state index in [9.17, 15) is 0 Å². The summed E-state index contributed by atoms with van der Waals surface area (Å²) in [6.07, 6.45) is 0. The lowest BCUT2D eigenvalue weighted by molar-refractivity contribution is 0.788. The molecular formula is C14H11BrClN5. The summed E-state index contributed by atoms with van der Waals surface area (Å²) in [6.45, 7) is 2.01. The lowest BCUT2D eigenvalue weighted by Crippen LogP contribution is -2.03. The molecule has 1 heterocycles. The van der Waals surface area contributed by atoms with Crippen LogP contribution in [0, 0.1) is 6.92 Å². The van der Waals surface area contributed by atoms with E-state index < -0.39 is 0 Å². The highest BCUT2D eigenvalue weighted by atomic mass is 79.9. The number of benzene rings is 2. The molecule has 0 aliphatic carbocycles. The van der Waals surface area contributed by atoms with Crippen molar-refractivity contribution in [3.8, 4) is 17.1 Å². The summed E-state index contributed by atoms with van der Waals surface area (Å²) in [6, 6.07) is 11.2. The van der Waals surface area contributed by atoms with E-state index in [-0.39, 0.29) is 0 Å². The fourth-order valence-electron chi connectivity index (χ4n) is 2.04. The van der Waals surface area contributed by atoms with Crippen LogP contribution in [0.3, 0.4) is 0 Å². The summed E-state index contributed by atoms with van der Waals surface area (Å²) in [7, 11) is 0. The molecule has 2 aromatic carbocycles. The molecule has 0 radical (unpaired) electrons. The third-order valence-corrected chi connectivity index (χ3v) is 3.96. The second-order valence-corrected chi connectivity index (χ2v) is 5.89. The van der Waals surface area contributed by atoms with Crippen LogP contribution < -0.4 is 5.73 Å². The third kappa shape index (κ3) is 2.64. The first-order valence-corrected chi connectivity index (χ1v) is 7.33. The van der Waals surface area contributed by atoms with Crippen LogP contribution in [0.25, 0.3) is 17.1 Å². The van der Waals surface area contributed by atoms with Gasteiger partial charge in [0.1, 0.15) is 0 Å². The normalized spacial score (nSPS) is 10.8. The maximum Gasteiger partial charge on any atom is 0.189 e. The number of nitrogens with zero attached hydrogens (tertiary/aromatic N) is 4. The Hall–Kier alpha value is -1.92. The number of halogens is 2. The van der Waals surface area contributed by atoms with Crippen LogP contribution in [0.5, 0.6) is 0 Å². The quantitative estimate of drug-likeness (QED) is 0.705. The van der Waals surface area contributed by atoms with Crippen molar-refractivity contribution in [2.24, 2.45) is 0 Å². The van der Waals surface area contributed by atoms with Crippen LogP contribution in [0.2, 0.25) is 5.02 Å². The molecule has 0 amide bonds. The van der Waals surface area contributed by atoms with Crippen LogP contribution in [-0.2, 0) is 0 Å². The van der Waals surface area contributed by atoms with Gasteiger partial charge in [-0.2, -0.15) is 4.68 Å². The molecule has 0 aliphatic heterocycles. The number of hydrogen-bond acceptors (Lipinski definition) is 4. The van der Waals surface area contributed by atoms with Gasteiger partial charge in [-0.1, -0.05) is 17.7 Å². The Bertz CT molecular complexity index is 815. The number of anilines is 1. The van der Waals surface area contributed by atoms with Crippen LogP contribution in [0.15, 0.2) is 40.9 Å². The van der Waals surface area contributed by atoms with Crippen molar-refractivity contribution in [1.29, 1.82) is 0 Å². The molecule has 0 saturated heterocycles. The number of aryl methyl sites for hydroxylation is 1. The molecule has 3 aromatic rings. The second-order valence-electron chi connectivity index (χ2n) is 4.60. The lowest BCUT2D eigenvalue weighted by atomic mass is 10.1. The summed E-state index contributed by atoms with van der Waals surface area (Å²) < 4.78 is 2.55. The maximum absolute atomic E-state index is 6.02. The molecule has 2 N–H and O–H groups in total. The van der Waals surface area contributed by atoms with Crippen LogP contribution in [-0.4, -0.2) is 20.2 Å². The van der Waals surface area contributed by atoms with Gasteiger partial charge in [0, 0.05) is 20.7 Å². The van der Waals surface area contributed by atoms with Gasteiger partial charge in [-0.25, -0.2) is 0 Å². The van der Waals surface area contributed by atoms with E-state index in [1.807, 2.05) is 31.2 Å². The molecular weight excluding hydrogens is 354 g/mol. The number of tetrazole rings is 1. The van der Waals surface area contributed by atoms with Crippen molar-refractivity contribution in [2.45, 2.75) is 6.92 Å².